The third kappa shape index (κ3) is 6.39. The van der Waals surface area contributed by atoms with E-state index in [1.165, 1.54) is 18.4 Å². The fraction of sp³-hybridized carbons (Fsp3) is 0.727. The highest BCUT2D eigenvalue weighted by atomic mass is 16.5. The molecule has 1 fully saturated rings. The van der Waals surface area contributed by atoms with Crippen LogP contribution in [0, 0.1) is 11.8 Å². The molecular weight excluding hydrogens is 324 g/mol. The van der Waals surface area contributed by atoms with E-state index in [4.69, 9.17) is 15.2 Å². The molecule has 0 heterocycles. The van der Waals surface area contributed by atoms with Crippen molar-refractivity contribution in [3.05, 3.63) is 35.9 Å². The second-order valence-corrected chi connectivity index (χ2v) is 7.94. The minimum Gasteiger partial charge on any atom is -0.492 e. The Morgan fingerprint density at radius 3 is 2.46 bits per heavy atom. The van der Waals surface area contributed by atoms with Crippen LogP contribution in [-0.2, 0) is 9.47 Å². The van der Waals surface area contributed by atoms with Crippen molar-refractivity contribution in [2.45, 2.75) is 65.8 Å². The van der Waals surface area contributed by atoms with Gasteiger partial charge in [-0.1, -0.05) is 26.0 Å². The van der Waals surface area contributed by atoms with Crippen molar-refractivity contribution in [1.29, 1.82) is 0 Å². The molecule has 0 aromatic heterocycles. The number of hydrogen-bond donors (Lipinski definition) is 1. The SMILES string of the molecule is C=CN(CC)C(C)(C/C(C)=C/C(OCCCOC)=C(\N)C1CC1)C(C)C. The molecule has 1 aliphatic rings. The lowest BCUT2D eigenvalue weighted by molar-refractivity contribution is 0.114. The number of rotatable bonds is 13. The number of nitrogens with zero attached hydrogens (tertiary/aromatic N) is 1. The van der Waals surface area contributed by atoms with Crippen molar-refractivity contribution in [1.82, 2.24) is 4.90 Å². The quantitative estimate of drug-likeness (QED) is 0.289. The molecule has 1 aliphatic carbocycles. The summed E-state index contributed by atoms with van der Waals surface area (Å²) >= 11 is 0. The predicted octanol–water partition coefficient (Wildman–Crippen LogP) is 4.84. The molecule has 1 rings (SSSR count). The minimum absolute atomic E-state index is 0.0204. The van der Waals surface area contributed by atoms with E-state index < -0.39 is 0 Å². The molecular formula is C22H40N2O2. The van der Waals surface area contributed by atoms with Crippen LogP contribution < -0.4 is 5.73 Å². The maximum Gasteiger partial charge on any atom is 0.138 e. The van der Waals surface area contributed by atoms with Crippen LogP contribution in [-0.4, -0.2) is 37.3 Å². The molecule has 4 nitrogen and oxygen atoms in total. The Hall–Kier alpha value is -1.42. The number of hydrogen-bond acceptors (Lipinski definition) is 4. The van der Waals surface area contributed by atoms with Crippen molar-refractivity contribution >= 4 is 0 Å². The monoisotopic (exact) mass is 364 g/mol. The van der Waals surface area contributed by atoms with E-state index in [-0.39, 0.29) is 5.54 Å². The molecule has 0 radical (unpaired) electrons. The van der Waals surface area contributed by atoms with Gasteiger partial charge in [-0.05, 0) is 58.2 Å². The van der Waals surface area contributed by atoms with Gasteiger partial charge < -0.3 is 20.1 Å². The van der Waals surface area contributed by atoms with Gasteiger partial charge >= 0.3 is 0 Å². The molecule has 1 unspecified atom stereocenters. The molecule has 0 amide bonds. The molecule has 26 heavy (non-hydrogen) atoms. The molecule has 0 aliphatic heterocycles. The van der Waals surface area contributed by atoms with E-state index in [2.05, 4.69) is 52.2 Å². The van der Waals surface area contributed by atoms with E-state index in [0.717, 1.165) is 30.8 Å². The van der Waals surface area contributed by atoms with Crippen molar-refractivity contribution in [2.24, 2.45) is 17.6 Å². The summed E-state index contributed by atoms with van der Waals surface area (Å²) in [5.74, 6) is 1.85. The van der Waals surface area contributed by atoms with Gasteiger partial charge in [0.1, 0.15) is 5.76 Å². The lowest BCUT2D eigenvalue weighted by atomic mass is 9.81. The van der Waals surface area contributed by atoms with Gasteiger partial charge in [0, 0.05) is 38.1 Å². The number of allylic oxidation sites excluding steroid dienone is 2. The summed E-state index contributed by atoms with van der Waals surface area (Å²) in [5, 5.41) is 0. The summed E-state index contributed by atoms with van der Waals surface area (Å²) in [4.78, 5) is 2.34. The lowest BCUT2D eigenvalue weighted by Gasteiger charge is -2.44. The van der Waals surface area contributed by atoms with Gasteiger partial charge in [-0.3, -0.25) is 0 Å². The van der Waals surface area contributed by atoms with Gasteiger partial charge in [0.05, 0.1) is 12.3 Å². The summed E-state index contributed by atoms with van der Waals surface area (Å²) < 4.78 is 11.1. The smallest absolute Gasteiger partial charge is 0.138 e. The fourth-order valence-corrected chi connectivity index (χ4v) is 3.36. The first kappa shape index (κ1) is 22.6. The first-order valence-corrected chi connectivity index (χ1v) is 9.97. The van der Waals surface area contributed by atoms with Crippen molar-refractivity contribution in [3.8, 4) is 0 Å². The van der Waals surface area contributed by atoms with E-state index in [1.54, 1.807) is 7.11 Å². The van der Waals surface area contributed by atoms with Crippen LogP contribution in [0.4, 0.5) is 0 Å². The summed E-state index contributed by atoms with van der Waals surface area (Å²) in [6.07, 6.45) is 8.28. The molecule has 0 bridgehead atoms. The normalized spacial score (nSPS) is 18.3. The third-order valence-electron chi connectivity index (χ3n) is 5.53. The van der Waals surface area contributed by atoms with Gasteiger partial charge in [0.2, 0.25) is 0 Å². The van der Waals surface area contributed by atoms with Gasteiger partial charge in [0.15, 0.2) is 0 Å². The van der Waals surface area contributed by atoms with E-state index >= 15 is 0 Å². The van der Waals surface area contributed by atoms with Gasteiger partial charge in [0.25, 0.3) is 0 Å². The predicted molar refractivity (Wildman–Crippen MR) is 111 cm³/mol. The van der Waals surface area contributed by atoms with Crippen molar-refractivity contribution in [3.63, 3.8) is 0 Å². The van der Waals surface area contributed by atoms with Crippen LogP contribution in [0.2, 0.25) is 0 Å². The Bertz CT molecular complexity index is 506. The summed E-state index contributed by atoms with van der Waals surface area (Å²) in [6.45, 7) is 17.5. The minimum atomic E-state index is 0.0204. The largest absolute Gasteiger partial charge is 0.492 e. The van der Waals surface area contributed by atoms with Gasteiger partial charge in [-0.15, -0.1) is 0 Å². The summed E-state index contributed by atoms with van der Waals surface area (Å²) in [7, 11) is 1.71. The summed E-state index contributed by atoms with van der Waals surface area (Å²) in [5.41, 5.74) is 8.59. The van der Waals surface area contributed by atoms with Crippen LogP contribution in [0.25, 0.3) is 0 Å². The van der Waals surface area contributed by atoms with Crippen LogP contribution in [0.5, 0.6) is 0 Å². The third-order valence-corrected chi connectivity index (χ3v) is 5.53. The van der Waals surface area contributed by atoms with Crippen LogP contribution in [0.15, 0.2) is 35.9 Å². The van der Waals surface area contributed by atoms with Gasteiger partial charge in [-0.25, -0.2) is 0 Å². The molecule has 1 saturated carbocycles. The first-order valence-electron chi connectivity index (χ1n) is 9.97. The van der Waals surface area contributed by atoms with Crippen molar-refractivity contribution < 1.29 is 9.47 Å². The molecule has 0 aromatic rings. The van der Waals surface area contributed by atoms with E-state index in [1.807, 2.05) is 6.20 Å². The van der Waals surface area contributed by atoms with E-state index in [0.29, 0.717) is 25.0 Å². The molecule has 2 N–H and O–H groups in total. The highest BCUT2D eigenvalue weighted by molar-refractivity contribution is 5.26. The number of ether oxygens (including phenoxy) is 2. The topological polar surface area (TPSA) is 47.7 Å². The molecule has 0 saturated heterocycles. The Morgan fingerprint density at radius 2 is 2.00 bits per heavy atom. The van der Waals surface area contributed by atoms with Crippen LogP contribution in [0.1, 0.15) is 60.3 Å². The fourth-order valence-electron chi connectivity index (χ4n) is 3.36. The molecule has 1 atom stereocenters. The Kier molecular flexibility index (Phi) is 9.28. The maximum absolute atomic E-state index is 6.37. The second kappa shape index (κ2) is 10.7. The highest BCUT2D eigenvalue weighted by Gasteiger charge is 2.33. The molecule has 0 spiro atoms. The number of nitrogens with two attached hydrogens (primary N) is 1. The van der Waals surface area contributed by atoms with E-state index in [9.17, 15) is 0 Å². The zero-order chi connectivity index (χ0) is 19.7. The highest BCUT2D eigenvalue weighted by Crippen LogP contribution is 2.37. The van der Waals surface area contributed by atoms with Gasteiger partial charge in [-0.2, -0.15) is 0 Å². The Morgan fingerprint density at radius 1 is 1.35 bits per heavy atom. The molecule has 4 heteroatoms. The molecule has 0 aromatic carbocycles. The zero-order valence-electron chi connectivity index (χ0n) is 17.8. The lowest BCUT2D eigenvalue weighted by Crippen LogP contribution is -2.47. The maximum atomic E-state index is 6.37. The average molecular weight is 365 g/mol. The standard InChI is InChI=1S/C22H40N2O2/c1-8-24(9-2)22(6,17(3)4)16-18(5)15-20(21(23)19-11-12-19)26-14-10-13-25-7/h8,15,17,19H,1,9-14,16,23H2,2-7H3/b18-15+,21-20+. The summed E-state index contributed by atoms with van der Waals surface area (Å²) in [6, 6.07) is 0. The zero-order valence-corrected chi connectivity index (χ0v) is 17.8. The molecule has 150 valence electrons. The second-order valence-electron chi connectivity index (χ2n) is 7.94. The first-order chi connectivity index (χ1) is 12.3. The Labute approximate surface area is 161 Å². The number of methoxy groups -OCH3 is 1. The average Bonchev–Trinajstić information content (AvgIpc) is 3.42. The van der Waals surface area contributed by atoms with Crippen LogP contribution in [0.3, 0.4) is 0 Å². The van der Waals surface area contributed by atoms with Crippen molar-refractivity contribution in [2.75, 3.05) is 26.9 Å². The van der Waals surface area contributed by atoms with Crippen LogP contribution >= 0.6 is 0 Å². The Balaban J connectivity index is 2.95.